The van der Waals surface area contributed by atoms with Gasteiger partial charge in [0, 0.05) is 23.5 Å². The third kappa shape index (κ3) is 4.69. The van der Waals surface area contributed by atoms with Crippen molar-refractivity contribution in [2.75, 3.05) is 19.5 Å². The predicted octanol–water partition coefficient (Wildman–Crippen LogP) is 3.09. The molecule has 0 saturated carbocycles. The van der Waals surface area contributed by atoms with Crippen LogP contribution in [0, 0.1) is 0 Å². The summed E-state index contributed by atoms with van der Waals surface area (Å²) in [7, 11) is 3.07. The molecular weight excluding hydrogens is 398 g/mol. The fourth-order valence-electron chi connectivity index (χ4n) is 3.19. The van der Waals surface area contributed by atoms with E-state index in [4.69, 9.17) is 9.47 Å². The third-order valence-electron chi connectivity index (χ3n) is 4.78. The fraction of sp³-hybridized carbons (Fsp3) is 0.261. The molecule has 3 aromatic rings. The Hall–Kier alpha value is -3.81. The average Bonchev–Trinajstić information content (AvgIpc) is 2.72. The van der Waals surface area contributed by atoms with Crippen LogP contribution in [0.25, 0.3) is 5.69 Å². The summed E-state index contributed by atoms with van der Waals surface area (Å²) < 4.78 is 12.0. The molecule has 1 aromatic heterocycles. The first-order valence-electron chi connectivity index (χ1n) is 9.64. The van der Waals surface area contributed by atoms with Crippen molar-refractivity contribution in [3.8, 4) is 17.2 Å². The molecule has 2 N–H and O–H groups in total. The normalized spacial score (nSPS) is 11.1. The van der Waals surface area contributed by atoms with Gasteiger partial charge in [-0.2, -0.15) is 0 Å². The van der Waals surface area contributed by atoms with E-state index >= 15 is 0 Å². The van der Waals surface area contributed by atoms with Crippen LogP contribution in [0.3, 0.4) is 0 Å². The fourth-order valence-corrected chi connectivity index (χ4v) is 3.19. The Kier molecular flexibility index (Phi) is 6.01. The monoisotopic (exact) mass is 423 g/mol. The minimum Gasteiger partial charge on any atom is -0.497 e. The summed E-state index contributed by atoms with van der Waals surface area (Å²) in [6.07, 6.45) is 1.38. The van der Waals surface area contributed by atoms with Crippen LogP contribution in [0.15, 0.2) is 58.3 Å². The Morgan fingerprint density at radius 1 is 1.00 bits per heavy atom. The third-order valence-corrected chi connectivity index (χ3v) is 4.78. The maximum Gasteiger partial charge on any atom is 0.332 e. The standard InChI is InChI=1S/C23H25N3O5/c1-23(2,3)18-13-15(26-11-10-19(27)25-22(26)29)12-17(20(18)31-5)21(28)24-14-6-8-16(30-4)9-7-14/h6-13H,1-5H3,(H,24,28)(H,25,27,29). The van der Waals surface area contributed by atoms with Gasteiger partial charge in [-0.25, -0.2) is 4.79 Å². The van der Waals surface area contributed by atoms with Crippen LogP contribution >= 0.6 is 0 Å². The van der Waals surface area contributed by atoms with E-state index in [1.165, 1.54) is 23.9 Å². The van der Waals surface area contributed by atoms with E-state index in [1.807, 2.05) is 20.8 Å². The number of hydrogen-bond donors (Lipinski definition) is 2. The Morgan fingerprint density at radius 2 is 1.68 bits per heavy atom. The van der Waals surface area contributed by atoms with E-state index < -0.39 is 17.2 Å². The van der Waals surface area contributed by atoms with Crippen LogP contribution in [0.2, 0.25) is 0 Å². The second kappa shape index (κ2) is 8.51. The van der Waals surface area contributed by atoms with Crippen LogP contribution in [-0.4, -0.2) is 29.7 Å². The van der Waals surface area contributed by atoms with Gasteiger partial charge in [0.05, 0.1) is 25.5 Å². The quantitative estimate of drug-likeness (QED) is 0.657. The first-order valence-corrected chi connectivity index (χ1v) is 9.64. The van der Waals surface area contributed by atoms with Gasteiger partial charge in [0.1, 0.15) is 11.5 Å². The summed E-state index contributed by atoms with van der Waals surface area (Å²) in [6.45, 7) is 5.94. The van der Waals surface area contributed by atoms with Crippen molar-refractivity contribution in [1.29, 1.82) is 0 Å². The molecule has 0 aliphatic carbocycles. The maximum absolute atomic E-state index is 13.2. The minimum atomic E-state index is -0.598. The number of H-pyrrole nitrogens is 1. The number of benzene rings is 2. The second-order valence-corrected chi connectivity index (χ2v) is 7.99. The van der Waals surface area contributed by atoms with Gasteiger partial charge in [-0.05, 0) is 41.8 Å². The van der Waals surface area contributed by atoms with Gasteiger partial charge < -0.3 is 14.8 Å². The molecule has 0 radical (unpaired) electrons. The number of rotatable bonds is 5. The molecule has 162 valence electrons. The first kappa shape index (κ1) is 21.9. The molecule has 0 aliphatic heterocycles. The molecule has 1 heterocycles. The predicted molar refractivity (Wildman–Crippen MR) is 119 cm³/mol. The van der Waals surface area contributed by atoms with Gasteiger partial charge in [0.2, 0.25) is 0 Å². The van der Waals surface area contributed by atoms with E-state index in [0.717, 1.165) is 5.56 Å². The number of ether oxygens (including phenoxy) is 2. The average molecular weight is 423 g/mol. The number of nitrogens with one attached hydrogen (secondary N) is 2. The number of amides is 1. The van der Waals surface area contributed by atoms with Crippen molar-refractivity contribution in [1.82, 2.24) is 9.55 Å². The van der Waals surface area contributed by atoms with Gasteiger partial charge in [0.15, 0.2) is 0 Å². The molecule has 0 aliphatic rings. The number of nitrogens with zero attached hydrogens (tertiary/aromatic N) is 1. The SMILES string of the molecule is COc1ccc(NC(=O)c2cc(-n3ccc(=O)[nH]c3=O)cc(C(C)(C)C)c2OC)cc1. The van der Waals surface area contributed by atoms with Crippen molar-refractivity contribution in [3.05, 3.63) is 80.6 Å². The zero-order valence-electron chi connectivity index (χ0n) is 18.1. The molecule has 2 aromatic carbocycles. The Bertz CT molecular complexity index is 1220. The number of aromatic nitrogens is 2. The number of hydrogen-bond acceptors (Lipinski definition) is 5. The number of carbonyl (C=O) groups is 1. The summed E-state index contributed by atoms with van der Waals surface area (Å²) in [4.78, 5) is 39.2. The molecule has 31 heavy (non-hydrogen) atoms. The number of anilines is 1. The van der Waals surface area contributed by atoms with Gasteiger partial charge >= 0.3 is 5.69 Å². The zero-order valence-corrected chi connectivity index (χ0v) is 18.1. The lowest BCUT2D eigenvalue weighted by Gasteiger charge is -2.25. The molecule has 1 amide bonds. The lowest BCUT2D eigenvalue weighted by molar-refractivity contribution is 0.102. The van der Waals surface area contributed by atoms with Gasteiger partial charge in [-0.15, -0.1) is 0 Å². The lowest BCUT2D eigenvalue weighted by Crippen LogP contribution is -2.28. The first-order chi connectivity index (χ1) is 14.6. The lowest BCUT2D eigenvalue weighted by atomic mass is 9.84. The molecule has 0 atom stereocenters. The van der Waals surface area contributed by atoms with Gasteiger partial charge in [-0.1, -0.05) is 20.8 Å². The van der Waals surface area contributed by atoms with E-state index in [2.05, 4.69) is 10.3 Å². The molecule has 0 spiro atoms. The van der Waals surface area contributed by atoms with Crippen molar-refractivity contribution < 1.29 is 14.3 Å². The summed E-state index contributed by atoms with van der Waals surface area (Å²) in [6, 6.07) is 11.5. The molecule has 0 bridgehead atoms. The highest BCUT2D eigenvalue weighted by molar-refractivity contribution is 6.07. The van der Waals surface area contributed by atoms with Crippen molar-refractivity contribution in [2.45, 2.75) is 26.2 Å². The Morgan fingerprint density at radius 3 is 2.23 bits per heavy atom. The summed E-state index contributed by atoms with van der Waals surface area (Å²) in [5, 5.41) is 2.85. The number of methoxy groups -OCH3 is 2. The molecule has 0 fully saturated rings. The maximum atomic E-state index is 13.2. The van der Waals surface area contributed by atoms with Crippen LogP contribution in [0.5, 0.6) is 11.5 Å². The van der Waals surface area contributed by atoms with Crippen molar-refractivity contribution >= 4 is 11.6 Å². The van der Waals surface area contributed by atoms with E-state index in [9.17, 15) is 14.4 Å². The molecule has 0 saturated heterocycles. The molecular formula is C23H25N3O5. The van der Waals surface area contributed by atoms with E-state index in [0.29, 0.717) is 22.9 Å². The number of aromatic amines is 1. The Balaban J connectivity index is 2.15. The van der Waals surface area contributed by atoms with Crippen LogP contribution < -0.4 is 26.0 Å². The highest BCUT2D eigenvalue weighted by Crippen LogP contribution is 2.36. The highest BCUT2D eigenvalue weighted by Gasteiger charge is 2.26. The second-order valence-electron chi connectivity index (χ2n) is 7.99. The van der Waals surface area contributed by atoms with Crippen molar-refractivity contribution in [2.24, 2.45) is 0 Å². The summed E-state index contributed by atoms with van der Waals surface area (Å²) in [5.74, 6) is 0.691. The van der Waals surface area contributed by atoms with E-state index in [-0.39, 0.29) is 11.0 Å². The largest absolute Gasteiger partial charge is 0.497 e. The summed E-state index contributed by atoms with van der Waals surface area (Å²) >= 11 is 0. The number of carbonyl (C=O) groups excluding carboxylic acids is 1. The minimum absolute atomic E-state index is 0.263. The Labute approximate surface area is 179 Å². The molecule has 3 rings (SSSR count). The smallest absolute Gasteiger partial charge is 0.332 e. The van der Waals surface area contributed by atoms with E-state index in [1.54, 1.807) is 43.5 Å². The molecule has 0 unspecified atom stereocenters. The van der Waals surface area contributed by atoms with Gasteiger partial charge in [0.25, 0.3) is 11.5 Å². The highest BCUT2D eigenvalue weighted by atomic mass is 16.5. The zero-order chi connectivity index (χ0) is 22.8. The van der Waals surface area contributed by atoms with Crippen LogP contribution in [-0.2, 0) is 5.41 Å². The topological polar surface area (TPSA) is 102 Å². The molecule has 8 nitrogen and oxygen atoms in total. The van der Waals surface area contributed by atoms with Crippen molar-refractivity contribution in [3.63, 3.8) is 0 Å². The van der Waals surface area contributed by atoms with Crippen LogP contribution in [0.1, 0.15) is 36.7 Å². The summed E-state index contributed by atoms with van der Waals surface area (Å²) in [5.41, 5.74) is 0.540. The molecule has 8 heteroatoms. The van der Waals surface area contributed by atoms with Crippen LogP contribution in [0.4, 0.5) is 5.69 Å². The van der Waals surface area contributed by atoms with Gasteiger partial charge in [-0.3, -0.25) is 19.1 Å².